The molecule has 0 aliphatic carbocycles. The number of halogens is 1. The average Bonchev–Trinajstić information content (AvgIpc) is 2.42. The predicted molar refractivity (Wildman–Crippen MR) is 86.3 cm³/mol. The Morgan fingerprint density at radius 2 is 1.81 bits per heavy atom. The van der Waals surface area contributed by atoms with Gasteiger partial charge in [-0.1, -0.05) is 11.6 Å². The van der Waals surface area contributed by atoms with Crippen LogP contribution in [-0.4, -0.2) is 53.7 Å². The third kappa shape index (κ3) is 4.02. The molecule has 0 spiro atoms. The van der Waals surface area contributed by atoms with Crippen molar-refractivity contribution in [2.45, 2.75) is 32.9 Å². The van der Waals surface area contributed by atoms with Gasteiger partial charge in [0, 0.05) is 38.3 Å². The fraction of sp³-hybridized carbons (Fsp3) is 0.625. The summed E-state index contributed by atoms with van der Waals surface area (Å²) in [6, 6.07) is 3.67. The second-order valence-corrected chi connectivity index (χ2v) is 6.97. The van der Waals surface area contributed by atoms with Crippen molar-refractivity contribution in [2.75, 3.05) is 33.3 Å². The van der Waals surface area contributed by atoms with E-state index in [1.807, 2.05) is 12.1 Å². The fourth-order valence-corrected chi connectivity index (χ4v) is 2.94. The molecule has 1 N–H and O–H groups in total. The van der Waals surface area contributed by atoms with Crippen molar-refractivity contribution >= 4 is 11.6 Å². The highest BCUT2D eigenvalue weighted by Crippen LogP contribution is 2.35. The van der Waals surface area contributed by atoms with Gasteiger partial charge in [0.05, 0.1) is 12.1 Å². The molecule has 1 aromatic carbocycles. The Hall–Kier alpha value is -0.970. The minimum Gasteiger partial charge on any atom is -0.503 e. The van der Waals surface area contributed by atoms with Crippen LogP contribution in [0.4, 0.5) is 0 Å². The smallest absolute Gasteiger partial charge is 0.176 e. The minimum atomic E-state index is 0.0143. The van der Waals surface area contributed by atoms with Crippen LogP contribution in [0.2, 0.25) is 5.02 Å². The molecule has 1 saturated heterocycles. The maximum Gasteiger partial charge on any atom is 0.176 e. The van der Waals surface area contributed by atoms with Crippen molar-refractivity contribution in [2.24, 2.45) is 0 Å². The Morgan fingerprint density at radius 1 is 1.19 bits per heavy atom. The molecule has 0 saturated carbocycles. The van der Waals surface area contributed by atoms with Crippen LogP contribution in [0.15, 0.2) is 12.1 Å². The van der Waals surface area contributed by atoms with Crippen molar-refractivity contribution in [1.82, 2.24) is 9.80 Å². The van der Waals surface area contributed by atoms with Crippen molar-refractivity contribution < 1.29 is 9.84 Å². The summed E-state index contributed by atoms with van der Waals surface area (Å²) >= 11 is 6.04. The Labute approximate surface area is 132 Å². The number of phenols is 1. The molecular weight excluding hydrogens is 288 g/mol. The molecule has 0 radical (unpaired) electrons. The third-order valence-electron chi connectivity index (χ3n) is 4.04. The second kappa shape index (κ2) is 6.42. The lowest BCUT2D eigenvalue weighted by molar-refractivity contribution is 0.0591. The van der Waals surface area contributed by atoms with Crippen LogP contribution in [0.1, 0.15) is 26.3 Å². The lowest BCUT2D eigenvalue weighted by atomic mass is 10.0. The molecule has 5 heteroatoms. The summed E-state index contributed by atoms with van der Waals surface area (Å²) in [6.07, 6.45) is 0. The summed E-state index contributed by atoms with van der Waals surface area (Å²) in [4.78, 5) is 4.91. The van der Waals surface area contributed by atoms with E-state index in [4.69, 9.17) is 16.3 Å². The summed E-state index contributed by atoms with van der Waals surface area (Å²) in [5.74, 6) is 0.450. The number of hydrogen-bond acceptors (Lipinski definition) is 4. The number of hydrogen-bond donors (Lipinski definition) is 1. The van der Waals surface area contributed by atoms with E-state index < -0.39 is 0 Å². The first kappa shape index (κ1) is 16.4. The van der Waals surface area contributed by atoms with Crippen molar-refractivity contribution in [1.29, 1.82) is 0 Å². The van der Waals surface area contributed by atoms with Crippen LogP contribution in [0.25, 0.3) is 0 Å². The molecule has 118 valence electrons. The van der Waals surface area contributed by atoms with Crippen LogP contribution in [0.5, 0.6) is 11.5 Å². The zero-order valence-corrected chi connectivity index (χ0v) is 14.1. The molecule has 0 amide bonds. The number of piperazine rings is 1. The van der Waals surface area contributed by atoms with Crippen molar-refractivity contribution in [3.8, 4) is 11.5 Å². The predicted octanol–water partition coefficient (Wildman–Crippen LogP) is 2.97. The van der Waals surface area contributed by atoms with Crippen LogP contribution in [-0.2, 0) is 6.54 Å². The van der Waals surface area contributed by atoms with Gasteiger partial charge in [-0.15, -0.1) is 0 Å². The van der Waals surface area contributed by atoms with Crippen LogP contribution in [0, 0.1) is 0 Å². The van der Waals surface area contributed by atoms with Gasteiger partial charge in [-0.2, -0.15) is 0 Å². The van der Waals surface area contributed by atoms with Crippen LogP contribution in [0.3, 0.4) is 0 Å². The van der Waals surface area contributed by atoms with Gasteiger partial charge in [-0.3, -0.25) is 9.80 Å². The van der Waals surface area contributed by atoms with Crippen LogP contribution >= 0.6 is 11.6 Å². The highest BCUT2D eigenvalue weighted by atomic mass is 35.5. The van der Waals surface area contributed by atoms with E-state index in [9.17, 15) is 5.11 Å². The number of methoxy groups -OCH3 is 1. The first-order valence-electron chi connectivity index (χ1n) is 7.34. The largest absolute Gasteiger partial charge is 0.503 e. The summed E-state index contributed by atoms with van der Waals surface area (Å²) in [7, 11) is 1.54. The molecule has 4 nitrogen and oxygen atoms in total. The summed E-state index contributed by atoms with van der Waals surface area (Å²) in [5.41, 5.74) is 1.30. The Bertz CT molecular complexity index is 492. The van der Waals surface area contributed by atoms with Gasteiger partial charge in [0.1, 0.15) is 0 Å². The normalized spacial score (nSPS) is 18.0. The SMILES string of the molecule is COc1cc(CN2CCN(C(C)(C)C)CC2)cc(Cl)c1O. The molecular formula is C16H25ClN2O2. The topological polar surface area (TPSA) is 35.9 Å². The Balaban J connectivity index is 1.99. The van der Waals surface area contributed by atoms with Gasteiger partial charge in [0.2, 0.25) is 0 Å². The number of rotatable bonds is 3. The molecule has 1 fully saturated rings. The van der Waals surface area contributed by atoms with E-state index in [0.29, 0.717) is 10.8 Å². The Kier molecular flexibility index (Phi) is 5.02. The lowest BCUT2D eigenvalue weighted by Gasteiger charge is -2.42. The summed E-state index contributed by atoms with van der Waals surface area (Å²) < 4.78 is 5.16. The first-order chi connectivity index (χ1) is 9.81. The molecule has 2 rings (SSSR count). The molecule has 1 aromatic rings. The first-order valence-corrected chi connectivity index (χ1v) is 7.72. The van der Waals surface area contributed by atoms with E-state index in [1.54, 1.807) is 0 Å². The average molecular weight is 313 g/mol. The molecule has 1 aliphatic heterocycles. The van der Waals surface area contributed by atoms with Gasteiger partial charge < -0.3 is 9.84 Å². The standard InChI is InChI=1S/C16H25ClN2O2/c1-16(2,3)19-7-5-18(6-8-19)11-12-9-13(17)15(20)14(10-12)21-4/h9-10,20H,5-8,11H2,1-4H3. The molecule has 0 unspecified atom stereocenters. The quantitative estimate of drug-likeness (QED) is 0.931. The highest BCUT2D eigenvalue weighted by Gasteiger charge is 2.25. The second-order valence-electron chi connectivity index (χ2n) is 6.56. The molecule has 0 bridgehead atoms. The monoisotopic (exact) mass is 312 g/mol. The lowest BCUT2D eigenvalue weighted by Crippen LogP contribution is -2.53. The van der Waals surface area contributed by atoms with E-state index in [-0.39, 0.29) is 11.3 Å². The third-order valence-corrected chi connectivity index (χ3v) is 4.32. The van der Waals surface area contributed by atoms with Gasteiger partial charge in [0.15, 0.2) is 11.5 Å². The number of aromatic hydroxyl groups is 1. The Morgan fingerprint density at radius 3 is 2.33 bits per heavy atom. The highest BCUT2D eigenvalue weighted by molar-refractivity contribution is 6.32. The molecule has 0 aromatic heterocycles. The van der Waals surface area contributed by atoms with Gasteiger partial charge >= 0.3 is 0 Å². The van der Waals surface area contributed by atoms with Crippen LogP contribution < -0.4 is 4.74 Å². The number of nitrogens with zero attached hydrogens (tertiary/aromatic N) is 2. The maximum absolute atomic E-state index is 9.77. The maximum atomic E-state index is 9.77. The van der Waals surface area contributed by atoms with Gasteiger partial charge in [-0.25, -0.2) is 0 Å². The van der Waals surface area contributed by atoms with E-state index >= 15 is 0 Å². The van der Waals surface area contributed by atoms with E-state index in [2.05, 4.69) is 30.6 Å². The van der Waals surface area contributed by atoms with Gasteiger partial charge in [-0.05, 0) is 38.5 Å². The zero-order chi connectivity index (χ0) is 15.6. The van der Waals surface area contributed by atoms with Crippen molar-refractivity contribution in [3.05, 3.63) is 22.7 Å². The summed E-state index contributed by atoms with van der Waals surface area (Å²) in [6.45, 7) is 11.8. The van der Waals surface area contributed by atoms with E-state index in [0.717, 1.165) is 38.3 Å². The zero-order valence-electron chi connectivity index (χ0n) is 13.3. The van der Waals surface area contributed by atoms with Gasteiger partial charge in [0.25, 0.3) is 0 Å². The number of benzene rings is 1. The molecule has 1 aliphatic rings. The molecule has 0 atom stereocenters. The number of ether oxygens (including phenoxy) is 1. The molecule has 21 heavy (non-hydrogen) atoms. The summed E-state index contributed by atoms with van der Waals surface area (Å²) in [5, 5.41) is 10.1. The minimum absolute atomic E-state index is 0.0143. The van der Waals surface area contributed by atoms with Crippen molar-refractivity contribution in [3.63, 3.8) is 0 Å². The van der Waals surface area contributed by atoms with E-state index in [1.165, 1.54) is 7.11 Å². The number of phenolic OH excluding ortho intramolecular Hbond substituents is 1. The fourth-order valence-electron chi connectivity index (χ4n) is 2.71. The molecule has 1 heterocycles.